The molecule has 3 rings (SSSR count). The van der Waals surface area contributed by atoms with E-state index in [0.717, 1.165) is 0 Å². The van der Waals surface area contributed by atoms with Gasteiger partial charge in [0.15, 0.2) is 5.75 Å². The highest BCUT2D eigenvalue weighted by atomic mass is 35.5. The van der Waals surface area contributed by atoms with E-state index in [0.29, 0.717) is 17.1 Å². The summed E-state index contributed by atoms with van der Waals surface area (Å²) < 4.78 is 23.7. The Morgan fingerprint density at radius 2 is 1.90 bits per heavy atom. The van der Waals surface area contributed by atoms with Crippen LogP contribution in [0.3, 0.4) is 0 Å². The lowest BCUT2D eigenvalue weighted by Crippen LogP contribution is -2.10. The zero-order chi connectivity index (χ0) is 21.0. The van der Waals surface area contributed by atoms with Crippen molar-refractivity contribution in [3.63, 3.8) is 0 Å². The molecule has 0 unspecified atom stereocenters. The molecule has 1 amide bonds. The number of methoxy groups -OCH3 is 1. The van der Waals surface area contributed by atoms with E-state index in [1.54, 1.807) is 24.3 Å². The SMILES string of the molecule is COc1c(Cl)cc(C(=O)O)cc1NC(=O)/C=C/c1ccc(-c2ccc(F)cc2)o1. The molecule has 0 aliphatic rings. The molecule has 2 N–H and O–H groups in total. The molecule has 0 saturated heterocycles. The number of aromatic carboxylic acids is 1. The Hall–Kier alpha value is -3.58. The summed E-state index contributed by atoms with van der Waals surface area (Å²) in [5.41, 5.74) is 0.726. The standard InChI is InChI=1S/C21H15ClFNO5/c1-28-20-16(22)10-13(21(26)27)11-17(20)24-19(25)9-7-15-6-8-18(29-15)12-2-4-14(23)5-3-12/h2-11H,1H3,(H,24,25)(H,26,27)/b9-7+. The fraction of sp³-hybridized carbons (Fsp3) is 0.0476. The van der Waals surface area contributed by atoms with Gasteiger partial charge in [-0.2, -0.15) is 0 Å². The van der Waals surface area contributed by atoms with Gasteiger partial charge in [-0.3, -0.25) is 4.79 Å². The van der Waals surface area contributed by atoms with Crippen molar-refractivity contribution in [3.05, 3.63) is 76.8 Å². The second-order valence-electron chi connectivity index (χ2n) is 5.88. The molecule has 29 heavy (non-hydrogen) atoms. The second-order valence-corrected chi connectivity index (χ2v) is 6.28. The molecule has 0 aliphatic carbocycles. The first-order chi connectivity index (χ1) is 13.9. The lowest BCUT2D eigenvalue weighted by Gasteiger charge is -2.11. The van der Waals surface area contributed by atoms with Crippen molar-refractivity contribution in [2.24, 2.45) is 0 Å². The van der Waals surface area contributed by atoms with Crippen LogP contribution in [0.1, 0.15) is 16.1 Å². The van der Waals surface area contributed by atoms with E-state index in [2.05, 4.69) is 5.32 Å². The van der Waals surface area contributed by atoms with Crippen molar-refractivity contribution in [1.29, 1.82) is 0 Å². The average molecular weight is 416 g/mol. The Morgan fingerprint density at radius 3 is 2.55 bits per heavy atom. The van der Waals surface area contributed by atoms with E-state index in [-0.39, 0.29) is 27.8 Å². The molecule has 1 aromatic heterocycles. The zero-order valence-electron chi connectivity index (χ0n) is 15.1. The van der Waals surface area contributed by atoms with Crippen LogP contribution in [0.4, 0.5) is 10.1 Å². The van der Waals surface area contributed by atoms with Crippen LogP contribution in [-0.2, 0) is 4.79 Å². The Bertz CT molecular complexity index is 1090. The Labute approximate surface area is 170 Å². The van der Waals surface area contributed by atoms with Gasteiger partial charge < -0.3 is 19.6 Å². The second kappa shape index (κ2) is 8.62. The highest BCUT2D eigenvalue weighted by molar-refractivity contribution is 6.33. The maximum absolute atomic E-state index is 13.0. The number of nitrogens with one attached hydrogen (secondary N) is 1. The van der Waals surface area contributed by atoms with Crippen molar-refractivity contribution in [2.75, 3.05) is 12.4 Å². The monoisotopic (exact) mass is 415 g/mol. The number of anilines is 1. The first kappa shape index (κ1) is 20.2. The molecule has 2 aromatic carbocycles. The predicted molar refractivity (Wildman–Crippen MR) is 107 cm³/mol. The van der Waals surface area contributed by atoms with Crippen molar-refractivity contribution in [2.45, 2.75) is 0 Å². The number of halogens is 2. The topological polar surface area (TPSA) is 88.8 Å². The van der Waals surface area contributed by atoms with Gasteiger partial charge in [-0.05, 0) is 54.6 Å². The summed E-state index contributed by atoms with van der Waals surface area (Å²) in [6.45, 7) is 0. The third-order valence-electron chi connectivity index (χ3n) is 3.91. The number of carbonyl (C=O) groups excluding carboxylic acids is 1. The summed E-state index contributed by atoms with van der Waals surface area (Å²) in [5, 5.41) is 11.7. The van der Waals surface area contributed by atoms with Crippen molar-refractivity contribution < 1.29 is 28.2 Å². The summed E-state index contributed by atoms with van der Waals surface area (Å²) in [4.78, 5) is 23.4. The third-order valence-corrected chi connectivity index (χ3v) is 4.19. The number of hydrogen-bond acceptors (Lipinski definition) is 4. The minimum Gasteiger partial charge on any atom is -0.493 e. The van der Waals surface area contributed by atoms with Crippen LogP contribution in [0.15, 0.2) is 59.0 Å². The molecule has 0 atom stereocenters. The molecule has 0 bridgehead atoms. The van der Waals surface area contributed by atoms with Crippen LogP contribution in [-0.4, -0.2) is 24.1 Å². The Morgan fingerprint density at radius 1 is 1.17 bits per heavy atom. The first-order valence-electron chi connectivity index (χ1n) is 8.33. The summed E-state index contributed by atoms with van der Waals surface area (Å²) in [6, 6.07) is 11.6. The summed E-state index contributed by atoms with van der Waals surface area (Å²) >= 11 is 6.01. The van der Waals surface area contributed by atoms with Crippen LogP contribution in [0, 0.1) is 5.82 Å². The molecule has 0 aliphatic heterocycles. The highest BCUT2D eigenvalue weighted by Gasteiger charge is 2.15. The predicted octanol–water partition coefficient (Wildman–Crippen LogP) is 5.10. The third kappa shape index (κ3) is 4.83. The van der Waals surface area contributed by atoms with Crippen LogP contribution in [0.25, 0.3) is 17.4 Å². The molecule has 148 valence electrons. The molecule has 6 nitrogen and oxygen atoms in total. The first-order valence-corrected chi connectivity index (χ1v) is 8.71. The molecule has 0 saturated carbocycles. The van der Waals surface area contributed by atoms with Gasteiger partial charge in [0.25, 0.3) is 0 Å². The lowest BCUT2D eigenvalue weighted by molar-refractivity contribution is -0.111. The molecular weight excluding hydrogens is 401 g/mol. The van der Waals surface area contributed by atoms with E-state index in [9.17, 15) is 14.0 Å². The largest absolute Gasteiger partial charge is 0.493 e. The number of rotatable bonds is 6. The fourth-order valence-electron chi connectivity index (χ4n) is 2.56. The molecule has 8 heteroatoms. The van der Waals surface area contributed by atoms with Gasteiger partial charge >= 0.3 is 5.97 Å². The van der Waals surface area contributed by atoms with Crippen molar-refractivity contribution >= 4 is 35.2 Å². The maximum Gasteiger partial charge on any atom is 0.335 e. The summed E-state index contributed by atoms with van der Waals surface area (Å²) in [5.74, 6) is -1.00. The van der Waals surface area contributed by atoms with E-state index in [1.165, 1.54) is 43.5 Å². The van der Waals surface area contributed by atoms with Crippen molar-refractivity contribution in [1.82, 2.24) is 0 Å². The number of carbonyl (C=O) groups is 2. The summed E-state index contributed by atoms with van der Waals surface area (Å²) in [6.07, 6.45) is 2.66. The molecule has 0 radical (unpaired) electrons. The Kier molecular flexibility index (Phi) is 5.99. The van der Waals surface area contributed by atoms with E-state index < -0.39 is 11.9 Å². The molecular formula is C21H15ClFNO5. The maximum atomic E-state index is 13.0. The van der Waals surface area contributed by atoms with Gasteiger partial charge in [0, 0.05) is 11.6 Å². The quantitative estimate of drug-likeness (QED) is 0.547. The molecule has 0 spiro atoms. The lowest BCUT2D eigenvalue weighted by atomic mass is 10.2. The van der Waals surface area contributed by atoms with Gasteiger partial charge in [0.05, 0.1) is 23.4 Å². The van der Waals surface area contributed by atoms with Crippen LogP contribution in [0.2, 0.25) is 5.02 Å². The van der Waals surface area contributed by atoms with Gasteiger partial charge in [0.1, 0.15) is 17.3 Å². The van der Waals surface area contributed by atoms with Crippen LogP contribution < -0.4 is 10.1 Å². The van der Waals surface area contributed by atoms with E-state index >= 15 is 0 Å². The van der Waals surface area contributed by atoms with E-state index in [4.69, 9.17) is 25.9 Å². The Balaban J connectivity index is 1.75. The van der Waals surface area contributed by atoms with Crippen LogP contribution >= 0.6 is 11.6 Å². The molecule has 0 fully saturated rings. The van der Waals surface area contributed by atoms with Crippen molar-refractivity contribution in [3.8, 4) is 17.1 Å². The van der Waals surface area contributed by atoms with Gasteiger partial charge in [0.2, 0.25) is 5.91 Å². The summed E-state index contributed by atoms with van der Waals surface area (Å²) in [7, 11) is 1.35. The average Bonchev–Trinajstić information content (AvgIpc) is 3.15. The number of hydrogen-bond donors (Lipinski definition) is 2. The highest BCUT2D eigenvalue weighted by Crippen LogP contribution is 2.34. The minimum atomic E-state index is -1.19. The minimum absolute atomic E-state index is 0.0571. The number of carboxylic acids is 1. The number of benzene rings is 2. The number of ether oxygens (including phenoxy) is 1. The van der Waals surface area contributed by atoms with Gasteiger partial charge in [-0.15, -0.1) is 0 Å². The fourth-order valence-corrected chi connectivity index (χ4v) is 2.86. The smallest absolute Gasteiger partial charge is 0.335 e. The number of carboxylic acid groups (broad SMARTS) is 1. The van der Waals surface area contributed by atoms with Crippen LogP contribution in [0.5, 0.6) is 5.75 Å². The van der Waals surface area contributed by atoms with Gasteiger partial charge in [-0.1, -0.05) is 11.6 Å². The van der Waals surface area contributed by atoms with Gasteiger partial charge in [-0.25, -0.2) is 9.18 Å². The molecule has 3 aromatic rings. The number of furan rings is 1. The number of amides is 1. The molecule has 1 heterocycles. The zero-order valence-corrected chi connectivity index (χ0v) is 15.9. The normalized spacial score (nSPS) is 10.9. The van der Waals surface area contributed by atoms with E-state index in [1.807, 2.05) is 0 Å².